The summed E-state index contributed by atoms with van der Waals surface area (Å²) in [5.74, 6) is 0.0779. The molecule has 0 saturated heterocycles. The molecule has 2 heteroatoms. The second-order valence-electron chi connectivity index (χ2n) is 5.96. The summed E-state index contributed by atoms with van der Waals surface area (Å²) in [7, 11) is 0. The highest BCUT2D eigenvalue weighted by Gasteiger charge is 2.37. The third-order valence-electron chi connectivity index (χ3n) is 4.30. The van der Waals surface area contributed by atoms with E-state index in [0.717, 1.165) is 24.2 Å². The van der Waals surface area contributed by atoms with E-state index in [1.807, 2.05) is 60.7 Å². The van der Waals surface area contributed by atoms with Crippen molar-refractivity contribution in [2.75, 3.05) is 13.1 Å². The number of hydrogen-bond acceptors (Lipinski definition) is 2. The summed E-state index contributed by atoms with van der Waals surface area (Å²) in [6, 6.07) is 20.0. The molecule has 0 aliphatic carbocycles. The van der Waals surface area contributed by atoms with Crippen LogP contribution in [0.25, 0.3) is 0 Å². The molecule has 2 aromatic rings. The minimum Gasteiger partial charge on any atom is -0.380 e. The molecule has 22 heavy (non-hydrogen) atoms. The Morgan fingerprint density at radius 2 is 1.45 bits per heavy atom. The van der Waals surface area contributed by atoms with E-state index in [4.69, 9.17) is 0 Å². The number of unbranched alkanes of at least 4 members (excludes halogenated alkanes) is 1. The Kier molecular flexibility index (Phi) is 6.17. The molecule has 0 unspecified atom stereocenters. The van der Waals surface area contributed by atoms with Crippen LogP contribution in [-0.2, 0) is 5.60 Å². The number of rotatable bonds is 8. The highest BCUT2D eigenvalue weighted by Crippen LogP contribution is 2.36. The van der Waals surface area contributed by atoms with E-state index in [0.29, 0.717) is 0 Å². The molecule has 0 fully saturated rings. The Morgan fingerprint density at radius 3 is 1.91 bits per heavy atom. The fourth-order valence-electron chi connectivity index (χ4n) is 2.89. The molecular weight excluding hydrogens is 270 g/mol. The van der Waals surface area contributed by atoms with E-state index in [1.165, 1.54) is 12.8 Å². The zero-order valence-electron chi connectivity index (χ0n) is 13.6. The fraction of sp³-hybridized carbons (Fsp3) is 0.400. The van der Waals surface area contributed by atoms with Crippen molar-refractivity contribution in [2.45, 2.75) is 32.3 Å². The Bertz CT molecular complexity index is 499. The predicted octanol–water partition coefficient (Wildman–Crippen LogP) is 3.95. The molecule has 2 aromatic carbocycles. The van der Waals surface area contributed by atoms with E-state index >= 15 is 0 Å². The summed E-state index contributed by atoms with van der Waals surface area (Å²) < 4.78 is 0. The van der Waals surface area contributed by atoms with Gasteiger partial charge in [-0.1, -0.05) is 80.9 Å². The van der Waals surface area contributed by atoms with E-state index in [2.05, 4.69) is 19.2 Å². The van der Waals surface area contributed by atoms with Crippen molar-refractivity contribution in [3.8, 4) is 0 Å². The Morgan fingerprint density at radius 1 is 0.955 bits per heavy atom. The zero-order valence-corrected chi connectivity index (χ0v) is 13.6. The van der Waals surface area contributed by atoms with Gasteiger partial charge in [0.25, 0.3) is 0 Å². The number of aliphatic hydroxyl groups is 1. The molecular formula is C20H27NO. The summed E-state index contributed by atoms with van der Waals surface area (Å²) in [4.78, 5) is 0. The minimum absolute atomic E-state index is 0.0779. The van der Waals surface area contributed by atoms with Crippen LogP contribution in [0.5, 0.6) is 0 Å². The molecule has 0 aromatic heterocycles. The Labute approximate surface area is 134 Å². The van der Waals surface area contributed by atoms with Gasteiger partial charge in [-0.25, -0.2) is 0 Å². The topological polar surface area (TPSA) is 32.3 Å². The quantitative estimate of drug-likeness (QED) is 0.723. The summed E-state index contributed by atoms with van der Waals surface area (Å²) in [5.41, 5.74) is 0.929. The first kappa shape index (κ1) is 16.7. The van der Waals surface area contributed by atoms with Gasteiger partial charge in [-0.3, -0.25) is 0 Å². The average Bonchev–Trinajstić information content (AvgIpc) is 2.59. The molecule has 0 amide bonds. The fourth-order valence-corrected chi connectivity index (χ4v) is 2.89. The smallest absolute Gasteiger partial charge is 0.118 e. The van der Waals surface area contributed by atoms with Gasteiger partial charge in [0.05, 0.1) is 0 Å². The SMILES string of the molecule is CCCCNC[C@@H](C)C(O)(c1ccccc1)c1ccccc1. The first-order valence-electron chi connectivity index (χ1n) is 8.23. The number of benzene rings is 2. The van der Waals surface area contributed by atoms with Crippen molar-refractivity contribution in [3.05, 3.63) is 71.8 Å². The summed E-state index contributed by atoms with van der Waals surface area (Å²) >= 11 is 0. The molecule has 0 radical (unpaired) electrons. The van der Waals surface area contributed by atoms with Gasteiger partial charge in [-0.15, -0.1) is 0 Å². The van der Waals surface area contributed by atoms with Gasteiger partial charge in [0.15, 0.2) is 0 Å². The number of hydrogen-bond donors (Lipinski definition) is 2. The lowest BCUT2D eigenvalue weighted by Crippen LogP contribution is -2.40. The van der Waals surface area contributed by atoms with Gasteiger partial charge in [0, 0.05) is 12.5 Å². The molecule has 0 spiro atoms. The summed E-state index contributed by atoms with van der Waals surface area (Å²) in [6.45, 7) is 6.09. The molecule has 118 valence electrons. The van der Waals surface area contributed by atoms with Gasteiger partial charge in [0.2, 0.25) is 0 Å². The minimum atomic E-state index is -0.971. The van der Waals surface area contributed by atoms with Crippen LogP contribution in [0.2, 0.25) is 0 Å². The predicted molar refractivity (Wildman–Crippen MR) is 92.8 cm³/mol. The molecule has 0 bridgehead atoms. The maximum Gasteiger partial charge on any atom is 0.118 e. The van der Waals surface area contributed by atoms with Gasteiger partial charge in [-0.05, 0) is 24.1 Å². The first-order chi connectivity index (χ1) is 10.7. The highest BCUT2D eigenvalue weighted by molar-refractivity contribution is 5.36. The van der Waals surface area contributed by atoms with Gasteiger partial charge < -0.3 is 10.4 Å². The molecule has 0 saturated carbocycles. The van der Waals surface area contributed by atoms with E-state index < -0.39 is 5.60 Å². The molecule has 0 aliphatic heterocycles. The van der Waals surface area contributed by atoms with Crippen LogP contribution >= 0.6 is 0 Å². The average molecular weight is 297 g/mol. The third kappa shape index (κ3) is 3.76. The highest BCUT2D eigenvalue weighted by atomic mass is 16.3. The van der Waals surface area contributed by atoms with Crippen LogP contribution < -0.4 is 5.32 Å². The van der Waals surface area contributed by atoms with E-state index in [9.17, 15) is 5.11 Å². The van der Waals surface area contributed by atoms with E-state index in [-0.39, 0.29) is 5.92 Å². The lowest BCUT2D eigenvalue weighted by Gasteiger charge is -2.35. The molecule has 0 heterocycles. The normalized spacial score (nSPS) is 13.0. The second kappa shape index (κ2) is 8.11. The summed E-state index contributed by atoms with van der Waals surface area (Å²) in [6.07, 6.45) is 2.35. The van der Waals surface area contributed by atoms with Crippen molar-refractivity contribution in [2.24, 2.45) is 5.92 Å². The number of nitrogens with one attached hydrogen (secondary N) is 1. The van der Waals surface area contributed by atoms with Crippen molar-refractivity contribution >= 4 is 0 Å². The maximum absolute atomic E-state index is 11.5. The molecule has 1 atom stereocenters. The Hall–Kier alpha value is -1.64. The van der Waals surface area contributed by atoms with Gasteiger partial charge >= 0.3 is 0 Å². The van der Waals surface area contributed by atoms with Crippen LogP contribution in [0.1, 0.15) is 37.8 Å². The Balaban J connectivity index is 2.26. The van der Waals surface area contributed by atoms with Crippen LogP contribution in [0, 0.1) is 5.92 Å². The molecule has 0 aliphatic rings. The standard InChI is InChI=1S/C20H27NO/c1-3-4-15-21-16-17(2)20(22,18-11-7-5-8-12-18)19-13-9-6-10-14-19/h5-14,17,21-22H,3-4,15-16H2,1-2H3/t17-/m1/s1. The van der Waals surface area contributed by atoms with Crippen LogP contribution in [0.4, 0.5) is 0 Å². The van der Waals surface area contributed by atoms with E-state index in [1.54, 1.807) is 0 Å². The van der Waals surface area contributed by atoms with Crippen LogP contribution in [-0.4, -0.2) is 18.2 Å². The molecule has 2 N–H and O–H groups in total. The largest absolute Gasteiger partial charge is 0.380 e. The van der Waals surface area contributed by atoms with Gasteiger partial charge in [0.1, 0.15) is 5.60 Å². The van der Waals surface area contributed by atoms with Gasteiger partial charge in [-0.2, -0.15) is 0 Å². The zero-order chi connectivity index (χ0) is 15.8. The summed E-state index contributed by atoms with van der Waals surface area (Å²) in [5, 5.41) is 15.0. The maximum atomic E-state index is 11.5. The van der Waals surface area contributed by atoms with Crippen LogP contribution in [0.3, 0.4) is 0 Å². The first-order valence-corrected chi connectivity index (χ1v) is 8.23. The van der Waals surface area contributed by atoms with Crippen molar-refractivity contribution in [3.63, 3.8) is 0 Å². The monoisotopic (exact) mass is 297 g/mol. The van der Waals surface area contributed by atoms with Crippen molar-refractivity contribution in [1.29, 1.82) is 0 Å². The molecule has 2 nitrogen and oxygen atoms in total. The lowest BCUT2D eigenvalue weighted by molar-refractivity contribution is 0.0241. The molecule has 2 rings (SSSR count). The third-order valence-corrected chi connectivity index (χ3v) is 4.30. The van der Waals surface area contributed by atoms with Crippen molar-refractivity contribution < 1.29 is 5.11 Å². The van der Waals surface area contributed by atoms with Crippen molar-refractivity contribution in [1.82, 2.24) is 5.32 Å². The lowest BCUT2D eigenvalue weighted by atomic mass is 9.77. The van der Waals surface area contributed by atoms with Crippen LogP contribution in [0.15, 0.2) is 60.7 Å². The second-order valence-corrected chi connectivity index (χ2v) is 5.96.